The number of amides is 1. The van der Waals surface area contributed by atoms with Crippen LogP contribution in [-0.4, -0.2) is 27.9 Å². The predicted octanol–water partition coefficient (Wildman–Crippen LogP) is 2.09. The fourth-order valence-corrected chi connectivity index (χ4v) is 3.69. The second kappa shape index (κ2) is 7.21. The van der Waals surface area contributed by atoms with E-state index in [1.807, 2.05) is 18.7 Å². The standard InChI is InChI=1S/C12H22N2OS2/c1-3-10(11(13)16)12(15)14-8-5-6-9(7-8)17-4-2/h8-10H,3-7H2,1-2H3,(H2,13,16)(H,14,15). The van der Waals surface area contributed by atoms with Crippen molar-refractivity contribution in [2.24, 2.45) is 11.7 Å². The zero-order valence-electron chi connectivity index (χ0n) is 10.6. The molecule has 1 fully saturated rings. The molecule has 1 aliphatic rings. The Hall–Kier alpha value is -0.290. The number of nitrogens with two attached hydrogens (primary N) is 1. The van der Waals surface area contributed by atoms with Crippen LogP contribution in [0, 0.1) is 5.92 Å². The van der Waals surface area contributed by atoms with Crippen LogP contribution in [0.25, 0.3) is 0 Å². The molecule has 3 nitrogen and oxygen atoms in total. The number of hydrogen-bond acceptors (Lipinski definition) is 3. The number of carbonyl (C=O) groups is 1. The Balaban J connectivity index is 2.39. The maximum Gasteiger partial charge on any atom is 0.230 e. The molecule has 3 N–H and O–H groups in total. The van der Waals surface area contributed by atoms with Gasteiger partial charge in [-0.15, -0.1) is 0 Å². The molecule has 1 aliphatic carbocycles. The minimum absolute atomic E-state index is 0.00662. The van der Waals surface area contributed by atoms with Gasteiger partial charge in [0.2, 0.25) is 5.91 Å². The molecule has 0 aromatic rings. The maximum atomic E-state index is 12.0. The highest BCUT2D eigenvalue weighted by atomic mass is 32.2. The minimum Gasteiger partial charge on any atom is -0.393 e. The SMILES string of the molecule is CCSC1CCC(NC(=O)C(CC)C(N)=S)C1. The maximum absolute atomic E-state index is 12.0. The van der Waals surface area contributed by atoms with Crippen molar-refractivity contribution in [2.45, 2.75) is 50.8 Å². The highest BCUT2D eigenvalue weighted by Crippen LogP contribution is 2.29. The van der Waals surface area contributed by atoms with Gasteiger partial charge in [-0.3, -0.25) is 4.79 Å². The number of nitrogens with one attached hydrogen (secondary N) is 1. The number of carbonyl (C=O) groups excluding carboxylic acids is 1. The number of hydrogen-bond donors (Lipinski definition) is 2. The molecule has 5 heteroatoms. The lowest BCUT2D eigenvalue weighted by atomic mass is 10.1. The molecule has 1 rings (SSSR count). The van der Waals surface area contributed by atoms with Crippen molar-refractivity contribution >= 4 is 34.9 Å². The molecule has 3 unspecified atom stereocenters. The molecule has 0 saturated heterocycles. The molecule has 0 aromatic carbocycles. The number of rotatable bonds is 6. The van der Waals surface area contributed by atoms with Crippen LogP contribution in [0.2, 0.25) is 0 Å². The Bertz CT molecular complexity index is 284. The van der Waals surface area contributed by atoms with Crippen LogP contribution in [-0.2, 0) is 4.79 Å². The summed E-state index contributed by atoms with van der Waals surface area (Å²) < 4.78 is 0. The van der Waals surface area contributed by atoms with Crippen molar-refractivity contribution in [1.29, 1.82) is 0 Å². The normalized spacial score (nSPS) is 25.5. The van der Waals surface area contributed by atoms with Crippen molar-refractivity contribution in [2.75, 3.05) is 5.75 Å². The quantitative estimate of drug-likeness (QED) is 0.728. The van der Waals surface area contributed by atoms with E-state index in [1.165, 1.54) is 6.42 Å². The molecular formula is C12H22N2OS2. The van der Waals surface area contributed by atoms with Gasteiger partial charge < -0.3 is 11.1 Å². The lowest BCUT2D eigenvalue weighted by Gasteiger charge is -2.18. The Morgan fingerprint density at radius 3 is 2.76 bits per heavy atom. The first-order chi connectivity index (χ1) is 8.08. The van der Waals surface area contributed by atoms with Gasteiger partial charge >= 0.3 is 0 Å². The largest absolute Gasteiger partial charge is 0.393 e. The molecule has 0 heterocycles. The number of thioether (sulfide) groups is 1. The summed E-state index contributed by atoms with van der Waals surface area (Å²) in [5.41, 5.74) is 5.56. The molecule has 17 heavy (non-hydrogen) atoms. The average Bonchev–Trinajstić information content (AvgIpc) is 2.66. The zero-order valence-corrected chi connectivity index (χ0v) is 12.2. The summed E-state index contributed by atoms with van der Waals surface area (Å²) >= 11 is 6.90. The van der Waals surface area contributed by atoms with E-state index in [-0.39, 0.29) is 11.8 Å². The van der Waals surface area contributed by atoms with Gasteiger partial charge in [0, 0.05) is 11.3 Å². The minimum atomic E-state index is -0.303. The van der Waals surface area contributed by atoms with E-state index in [0.29, 0.717) is 22.7 Å². The first-order valence-corrected chi connectivity index (χ1v) is 7.75. The van der Waals surface area contributed by atoms with Gasteiger partial charge in [0.05, 0.1) is 10.9 Å². The van der Waals surface area contributed by atoms with Gasteiger partial charge in [-0.25, -0.2) is 0 Å². The van der Waals surface area contributed by atoms with Crippen molar-refractivity contribution < 1.29 is 4.79 Å². The fraction of sp³-hybridized carbons (Fsp3) is 0.833. The molecule has 0 aliphatic heterocycles. The van der Waals surface area contributed by atoms with Crippen molar-refractivity contribution in [3.8, 4) is 0 Å². The molecule has 1 amide bonds. The summed E-state index contributed by atoms with van der Waals surface area (Å²) in [7, 11) is 0. The third-order valence-corrected chi connectivity index (χ3v) is 4.72. The predicted molar refractivity (Wildman–Crippen MR) is 78.3 cm³/mol. The van der Waals surface area contributed by atoms with Gasteiger partial charge in [-0.05, 0) is 31.4 Å². The van der Waals surface area contributed by atoms with E-state index in [9.17, 15) is 4.79 Å². The van der Waals surface area contributed by atoms with E-state index in [1.54, 1.807) is 0 Å². The number of thiocarbonyl (C=S) groups is 1. The molecule has 3 atom stereocenters. The van der Waals surface area contributed by atoms with Crippen LogP contribution >= 0.6 is 24.0 Å². The van der Waals surface area contributed by atoms with Gasteiger partial charge in [0.1, 0.15) is 0 Å². The second-order valence-corrected chi connectivity index (χ2v) is 6.51. The average molecular weight is 274 g/mol. The Morgan fingerprint density at radius 2 is 2.24 bits per heavy atom. The zero-order chi connectivity index (χ0) is 12.8. The first kappa shape index (κ1) is 14.8. The van der Waals surface area contributed by atoms with Crippen LogP contribution in [0.4, 0.5) is 0 Å². The highest BCUT2D eigenvalue weighted by molar-refractivity contribution is 7.99. The highest BCUT2D eigenvalue weighted by Gasteiger charge is 2.28. The van der Waals surface area contributed by atoms with Gasteiger partial charge in [-0.1, -0.05) is 26.1 Å². The summed E-state index contributed by atoms with van der Waals surface area (Å²) in [5, 5.41) is 3.78. The topological polar surface area (TPSA) is 55.1 Å². The summed E-state index contributed by atoms with van der Waals surface area (Å²) in [6.45, 7) is 4.12. The summed E-state index contributed by atoms with van der Waals surface area (Å²) in [5.74, 6) is 0.852. The summed E-state index contributed by atoms with van der Waals surface area (Å²) in [6, 6.07) is 0.315. The van der Waals surface area contributed by atoms with Gasteiger partial charge in [0.15, 0.2) is 0 Å². The molecular weight excluding hydrogens is 252 g/mol. The van der Waals surface area contributed by atoms with Crippen LogP contribution in [0.1, 0.15) is 39.5 Å². The van der Waals surface area contributed by atoms with Crippen LogP contribution in [0.3, 0.4) is 0 Å². The van der Waals surface area contributed by atoms with Crippen molar-refractivity contribution in [3.63, 3.8) is 0 Å². The van der Waals surface area contributed by atoms with Gasteiger partial charge in [0.25, 0.3) is 0 Å². The molecule has 0 aromatic heterocycles. The second-order valence-electron chi connectivity index (χ2n) is 4.46. The van der Waals surface area contributed by atoms with Crippen LogP contribution < -0.4 is 11.1 Å². The third-order valence-electron chi connectivity index (χ3n) is 3.20. The summed E-state index contributed by atoms with van der Waals surface area (Å²) in [4.78, 5) is 12.3. The third kappa shape index (κ3) is 4.47. The van der Waals surface area contributed by atoms with E-state index in [4.69, 9.17) is 18.0 Å². The van der Waals surface area contributed by atoms with E-state index in [2.05, 4.69) is 12.2 Å². The molecule has 0 radical (unpaired) electrons. The van der Waals surface area contributed by atoms with Crippen LogP contribution in [0.15, 0.2) is 0 Å². The monoisotopic (exact) mass is 274 g/mol. The Labute approximate surface area is 113 Å². The van der Waals surface area contributed by atoms with Gasteiger partial charge in [-0.2, -0.15) is 11.8 Å². The lowest BCUT2D eigenvalue weighted by Crippen LogP contribution is -2.42. The van der Waals surface area contributed by atoms with Crippen LogP contribution in [0.5, 0.6) is 0 Å². The Kier molecular flexibility index (Phi) is 6.27. The molecule has 98 valence electrons. The van der Waals surface area contributed by atoms with E-state index >= 15 is 0 Å². The molecule has 0 bridgehead atoms. The van der Waals surface area contributed by atoms with Crippen molar-refractivity contribution in [3.05, 3.63) is 0 Å². The smallest absolute Gasteiger partial charge is 0.230 e. The molecule has 1 saturated carbocycles. The molecule has 0 spiro atoms. The summed E-state index contributed by atoms with van der Waals surface area (Å²) in [6.07, 6.45) is 4.05. The van der Waals surface area contributed by atoms with E-state index in [0.717, 1.165) is 18.6 Å². The first-order valence-electron chi connectivity index (χ1n) is 6.29. The fourth-order valence-electron chi connectivity index (χ4n) is 2.28. The lowest BCUT2D eigenvalue weighted by molar-refractivity contribution is -0.123. The Morgan fingerprint density at radius 1 is 1.53 bits per heavy atom. The van der Waals surface area contributed by atoms with Crippen molar-refractivity contribution in [1.82, 2.24) is 5.32 Å². The van der Waals surface area contributed by atoms with E-state index < -0.39 is 0 Å².